The minimum absolute atomic E-state index is 0.0224. The molecule has 1 aliphatic heterocycles. The van der Waals surface area contributed by atoms with Gasteiger partial charge in [0.15, 0.2) is 0 Å². The lowest BCUT2D eigenvalue weighted by molar-refractivity contribution is -0.133. The lowest BCUT2D eigenvalue weighted by atomic mass is 9.75. The first-order chi connectivity index (χ1) is 20.4. The van der Waals surface area contributed by atoms with Crippen molar-refractivity contribution in [3.8, 4) is 0 Å². The summed E-state index contributed by atoms with van der Waals surface area (Å²) in [6.45, 7) is 8.74. The maximum Gasteiger partial charge on any atom is 0.275 e. The molecule has 1 heterocycles. The van der Waals surface area contributed by atoms with Crippen LogP contribution in [0.1, 0.15) is 93.7 Å². The molecule has 1 unspecified atom stereocenters. The average Bonchev–Trinajstić information content (AvgIpc) is 3.23. The number of hydrogen-bond acceptors (Lipinski definition) is 5. The molecule has 230 valence electrons. The van der Waals surface area contributed by atoms with E-state index in [9.17, 15) is 14.0 Å². The second kappa shape index (κ2) is 13.8. The number of amides is 2. The Balaban J connectivity index is 1.71. The van der Waals surface area contributed by atoms with Gasteiger partial charge in [-0.25, -0.2) is 4.39 Å². The summed E-state index contributed by atoms with van der Waals surface area (Å²) < 4.78 is 14.4. The molecule has 1 aliphatic carbocycles. The third kappa shape index (κ3) is 7.47. The third-order valence-electron chi connectivity index (χ3n) is 8.59. The van der Waals surface area contributed by atoms with E-state index in [1.165, 1.54) is 12.1 Å². The molecule has 2 aromatic carbocycles. The Labute approximate surface area is 257 Å². The fraction of sp³-hybridized carbons (Fsp3) is 0.500. The van der Waals surface area contributed by atoms with Crippen LogP contribution in [0.4, 0.5) is 4.39 Å². The molecule has 43 heavy (non-hydrogen) atoms. The van der Waals surface area contributed by atoms with Crippen molar-refractivity contribution in [2.24, 2.45) is 38.8 Å². The van der Waals surface area contributed by atoms with Gasteiger partial charge in [0.25, 0.3) is 11.8 Å². The molecule has 0 saturated heterocycles. The van der Waals surface area contributed by atoms with Gasteiger partial charge in [-0.05, 0) is 92.2 Å². The lowest BCUT2D eigenvalue weighted by Gasteiger charge is -2.46. The molecule has 0 radical (unpaired) electrons. The zero-order valence-electron chi connectivity index (χ0n) is 25.2. The van der Waals surface area contributed by atoms with Crippen molar-refractivity contribution in [1.29, 1.82) is 5.53 Å². The van der Waals surface area contributed by atoms with E-state index >= 15 is 0 Å². The number of aliphatic imine (C=N–C) groups is 1. The Kier molecular flexibility index (Phi) is 10.3. The number of carbonyl (C=O) groups excluding carboxylic acids is 2. The van der Waals surface area contributed by atoms with Crippen LogP contribution in [-0.4, -0.2) is 40.5 Å². The number of carbonyl (C=O) groups is 2. The van der Waals surface area contributed by atoms with Crippen molar-refractivity contribution in [2.75, 3.05) is 6.54 Å². The van der Waals surface area contributed by atoms with E-state index in [1.807, 2.05) is 17.0 Å². The Hall–Kier alpha value is -3.66. The maximum absolute atomic E-state index is 14.4. The molecular weight excluding hydrogens is 569 g/mol. The molecule has 0 bridgehead atoms. The van der Waals surface area contributed by atoms with Gasteiger partial charge < -0.3 is 16.0 Å². The molecule has 1 spiro atoms. The number of hydrogen-bond donors (Lipinski definition) is 3. The molecule has 4 N–H and O–H groups in total. The van der Waals surface area contributed by atoms with Crippen LogP contribution in [-0.2, 0) is 4.79 Å². The highest BCUT2D eigenvalue weighted by molar-refractivity contribution is 6.47. The van der Waals surface area contributed by atoms with Crippen LogP contribution in [0.2, 0.25) is 5.02 Å². The average molecular weight is 610 g/mol. The van der Waals surface area contributed by atoms with Crippen LogP contribution in [0.3, 0.4) is 0 Å². The summed E-state index contributed by atoms with van der Waals surface area (Å²) >= 11 is 6.20. The van der Waals surface area contributed by atoms with Crippen molar-refractivity contribution >= 4 is 35.0 Å². The Morgan fingerprint density at radius 2 is 1.84 bits per heavy atom. The Morgan fingerprint density at radius 3 is 2.42 bits per heavy atom. The number of halogens is 2. The minimum Gasteiger partial charge on any atom is -0.384 e. The van der Waals surface area contributed by atoms with Crippen molar-refractivity contribution in [2.45, 2.75) is 77.9 Å². The first-order valence-corrected chi connectivity index (χ1v) is 15.3. The molecule has 2 aliphatic rings. The molecule has 1 atom stereocenters. The summed E-state index contributed by atoms with van der Waals surface area (Å²) in [7, 11) is 0. The topological polar surface area (TPSA) is 136 Å². The van der Waals surface area contributed by atoms with Gasteiger partial charge in [-0.3, -0.25) is 14.6 Å². The van der Waals surface area contributed by atoms with E-state index in [1.54, 1.807) is 18.2 Å². The molecule has 0 aromatic heterocycles. The molecule has 2 aromatic rings. The quantitative estimate of drug-likeness (QED) is 0.111. The SMILES string of the molecule is CC(C)CCC(c1ccc(C(=O)NCC(N)=NN=N)cc1)N1C(=O)C(c2cc(F)cc(Cl)c2)=NC12CCC(C(C)C)CC2. The highest BCUT2D eigenvalue weighted by Gasteiger charge is 2.52. The van der Waals surface area contributed by atoms with Gasteiger partial charge >= 0.3 is 0 Å². The van der Waals surface area contributed by atoms with Crippen molar-refractivity contribution in [3.05, 3.63) is 70.0 Å². The van der Waals surface area contributed by atoms with Crippen LogP contribution in [0.5, 0.6) is 0 Å². The van der Waals surface area contributed by atoms with Crippen LogP contribution in [0.15, 0.2) is 57.8 Å². The van der Waals surface area contributed by atoms with Crippen molar-refractivity contribution < 1.29 is 14.0 Å². The first kappa shape index (κ1) is 32.3. The first-order valence-electron chi connectivity index (χ1n) is 14.9. The Morgan fingerprint density at radius 1 is 1.16 bits per heavy atom. The molecule has 11 heteroatoms. The highest BCUT2D eigenvalue weighted by atomic mass is 35.5. The summed E-state index contributed by atoms with van der Waals surface area (Å²) in [6, 6.07) is 11.1. The fourth-order valence-electron chi connectivity index (χ4n) is 6.21. The van der Waals surface area contributed by atoms with Crippen LogP contribution in [0.25, 0.3) is 0 Å². The lowest BCUT2D eigenvalue weighted by Crippen LogP contribution is -2.51. The van der Waals surface area contributed by atoms with E-state index in [4.69, 9.17) is 27.9 Å². The smallest absolute Gasteiger partial charge is 0.275 e. The van der Waals surface area contributed by atoms with Gasteiger partial charge in [0, 0.05) is 16.1 Å². The summed E-state index contributed by atoms with van der Waals surface area (Å²) in [5.41, 5.74) is 13.6. The maximum atomic E-state index is 14.4. The van der Waals surface area contributed by atoms with Gasteiger partial charge in [0.05, 0.1) is 12.6 Å². The number of amidine groups is 1. The van der Waals surface area contributed by atoms with Crippen LogP contribution < -0.4 is 11.1 Å². The zero-order chi connectivity index (χ0) is 31.3. The molecule has 2 amide bonds. The van der Waals surface area contributed by atoms with E-state index < -0.39 is 11.5 Å². The highest BCUT2D eigenvalue weighted by Crippen LogP contribution is 2.48. The predicted octanol–water partition coefficient (Wildman–Crippen LogP) is 6.86. The summed E-state index contributed by atoms with van der Waals surface area (Å²) in [5.74, 6) is 0.425. The molecule has 9 nitrogen and oxygen atoms in total. The van der Waals surface area contributed by atoms with E-state index in [0.717, 1.165) is 37.7 Å². The third-order valence-corrected chi connectivity index (χ3v) is 8.81. The van der Waals surface area contributed by atoms with E-state index in [2.05, 4.69) is 43.3 Å². The fourth-order valence-corrected chi connectivity index (χ4v) is 6.43. The second-order valence-corrected chi connectivity index (χ2v) is 12.8. The van der Waals surface area contributed by atoms with Gasteiger partial charge in [0.2, 0.25) is 0 Å². The minimum atomic E-state index is -0.742. The van der Waals surface area contributed by atoms with Gasteiger partial charge in [-0.15, -0.1) is 5.10 Å². The van der Waals surface area contributed by atoms with E-state index in [-0.39, 0.29) is 41.0 Å². The number of benzene rings is 2. The largest absolute Gasteiger partial charge is 0.384 e. The molecule has 1 fully saturated rings. The number of nitrogens with two attached hydrogens (primary N) is 1. The zero-order valence-corrected chi connectivity index (χ0v) is 26.0. The standard InChI is InChI=1S/C32H41ClFN7O2/c1-19(2)5-10-27(22-6-8-23(9-7-22)30(42)37-18-28(35)39-40-36)41-31(43)29(24-15-25(33)17-26(34)16-24)38-32(41)13-11-21(12-14-32)20(3)4/h6-9,15-17,19-21,27H,5,10-14,18H2,1-4H3,(H,37,42)(H3,35,36,39). The van der Waals surface area contributed by atoms with E-state index in [0.29, 0.717) is 35.3 Å². The number of nitrogens with zero attached hydrogens (tertiary/aromatic N) is 4. The van der Waals surface area contributed by atoms with Crippen molar-refractivity contribution in [3.63, 3.8) is 0 Å². The van der Waals surface area contributed by atoms with Gasteiger partial charge in [0.1, 0.15) is 23.0 Å². The van der Waals surface area contributed by atoms with Crippen LogP contribution >= 0.6 is 11.6 Å². The number of rotatable bonds is 11. The Bertz CT molecular complexity index is 1380. The number of nitrogens with one attached hydrogen (secondary N) is 2. The van der Waals surface area contributed by atoms with Gasteiger partial charge in [-0.1, -0.05) is 56.7 Å². The molecule has 1 saturated carbocycles. The summed E-state index contributed by atoms with van der Waals surface area (Å²) in [4.78, 5) is 34.2. The summed E-state index contributed by atoms with van der Waals surface area (Å²) in [5, 5.41) is 9.15. The van der Waals surface area contributed by atoms with Gasteiger partial charge in [-0.2, -0.15) is 5.53 Å². The monoisotopic (exact) mass is 609 g/mol. The van der Waals surface area contributed by atoms with Crippen LogP contribution in [0, 0.1) is 29.1 Å². The normalized spacial score (nSPS) is 21.4. The second-order valence-electron chi connectivity index (χ2n) is 12.3. The summed E-state index contributed by atoms with van der Waals surface area (Å²) in [6.07, 6.45) is 4.92. The molecular formula is C32H41ClFN7O2. The molecule has 4 rings (SSSR count). The predicted molar refractivity (Wildman–Crippen MR) is 167 cm³/mol. The van der Waals surface area contributed by atoms with Crippen molar-refractivity contribution in [1.82, 2.24) is 10.2 Å².